The van der Waals surface area contributed by atoms with E-state index in [4.69, 9.17) is 0 Å². The van der Waals surface area contributed by atoms with E-state index in [9.17, 15) is 13.2 Å². The molecule has 0 radical (unpaired) electrons. The number of rotatable bonds is 5. The van der Waals surface area contributed by atoms with Crippen LogP contribution in [0.3, 0.4) is 0 Å². The van der Waals surface area contributed by atoms with Crippen molar-refractivity contribution in [2.24, 2.45) is 0 Å². The Morgan fingerprint density at radius 2 is 1.79 bits per heavy atom. The number of amides is 1. The van der Waals surface area contributed by atoms with Crippen LogP contribution in [0.25, 0.3) is 0 Å². The molecule has 29 heavy (non-hydrogen) atoms. The number of nitrogens with one attached hydrogen (secondary N) is 2. The lowest BCUT2D eigenvalue weighted by molar-refractivity contribution is 0.102. The minimum Gasteiger partial charge on any atom is -0.322 e. The van der Waals surface area contributed by atoms with Crippen molar-refractivity contribution in [1.82, 2.24) is 0 Å². The Bertz CT molecular complexity index is 1150. The van der Waals surface area contributed by atoms with Crippen molar-refractivity contribution >= 4 is 38.6 Å². The van der Waals surface area contributed by atoms with Gasteiger partial charge in [-0.25, -0.2) is 8.42 Å². The van der Waals surface area contributed by atoms with E-state index in [1.54, 1.807) is 59.9 Å². The molecule has 1 aromatic heterocycles. The second-order valence-corrected chi connectivity index (χ2v) is 9.81. The molecule has 2 N–H and O–H groups in total. The first-order valence-corrected chi connectivity index (χ1v) is 11.9. The highest BCUT2D eigenvalue weighted by molar-refractivity contribution is 7.92. The number of carbonyl (C=O) groups is 1. The standard InChI is InChI=1S/C22H22N2O3S2/c1-15-11-12-16(13-20(15)24-29(26,27)17-7-3-2-4-8-17)23-22(25)19-14-28-21-10-6-5-9-18(19)21/h2-4,7-8,11-14,24H,5-6,9-10H2,1H3,(H,23,25). The van der Waals surface area contributed by atoms with Crippen LogP contribution in [0, 0.1) is 6.92 Å². The minimum atomic E-state index is -3.70. The second-order valence-electron chi connectivity index (χ2n) is 7.16. The third-order valence-electron chi connectivity index (χ3n) is 5.10. The van der Waals surface area contributed by atoms with Crippen molar-refractivity contribution in [3.63, 3.8) is 0 Å². The van der Waals surface area contributed by atoms with E-state index in [1.165, 1.54) is 11.3 Å². The summed E-state index contributed by atoms with van der Waals surface area (Å²) >= 11 is 1.65. The van der Waals surface area contributed by atoms with Crippen LogP contribution in [0.5, 0.6) is 0 Å². The zero-order valence-electron chi connectivity index (χ0n) is 16.1. The van der Waals surface area contributed by atoms with Crippen LogP contribution in [0.1, 0.15) is 39.2 Å². The molecule has 4 rings (SSSR count). The lowest BCUT2D eigenvalue weighted by atomic mass is 9.95. The number of benzene rings is 2. The number of aryl methyl sites for hydroxylation is 2. The summed E-state index contributed by atoms with van der Waals surface area (Å²) in [7, 11) is -3.70. The molecule has 3 aromatic rings. The molecule has 0 saturated heterocycles. The SMILES string of the molecule is Cc1ccc(NC(=O)c2csc3c2CCCC3)cc1NS(=O)(=O)c1ccccc1. The highest BCUT2D eigenvalue weighted by Crippen LogP contribution is 2.31. The van der Waals surface area contributed by atoms with Crippen LogP contribution < -0.4 is 10.0 Å². The third-order valence-corrected chi connectivity index (χ3v) is 7.57. The fourth-order valence-electron chi connectivity index (χ4n) is 3.50. The summed E-state index contributed by atoms with van der Waals surface area (Å²) in [4.78, 5) is 14.3. The van der Waals surface area contributed by atoms with Crippen molar-refractivity contribution in [2.75, 3.05) is 10.0 Å². The summed E-state index contributed by atoms with van der Waals surface area (Å²) in [6.45, 7) is 1.82. The van der Waals surface area contributed by atoms with Gasteiger partial charge in [0.25, 0.3) is 15.9 Å². The van der Waals surface area contributed by atoms with Gasteiger partial charge in [-0.15, -0.1) is 11.3 Å². The normalized spacial score (nSPS) is 13.6. The summed E-state index contributed by atoms with van der Waals surface area (Å²) in [5.74, 6) is -0.148. The summed E-state index contributed by atoms with van der Waals surface area (Å²) < 4.78 is 27.9. The molecule has 1 heterocycles. The van der Waals surface area contributed by atoms with Gasteiger partial charge in [-0.05, 0) is 68.0 Å². The fraction of sp³-hybridized carbons (Fsp3) is 0.227. The fourth-order valence-corrected chi connectivity index (χ4v) is 5.76. The number of hydrogen-bond donors (Lipinski definition) is 2. The molecule has 1 aliphatic rings. The minimum absolute atomic E-state index is 0.148. The van der Waals surface area contributed by atoms with E-state index in [2.05, 4.69) is 10.0 Å². The highest BCUT2D eigenvalue weighted by atomic mass is 32.2. The van der Waals surface area contributed by atoms with Crippen LogP contribution >= 0.6 is 11.3 Å². The Kier molecular flexibility index (Phi) is 5.43. The van der Waals surface area contributed by atoms with E-state index in [1.807, 2.05) is 12.3 Å². The monoisotopic (exact) mass is 426 g/mol. The molecule has 0 saturated carbocycles. The summed E-state index contributed by atoms with van der Waals surface area (Å²) in [5.41, 5.74) is 3.67. The first-order chi connectivity index (χ1) is 13.9. The maximum absolute atomic E-state index is 12.8. The van der Waals surface area contributed by atoms with Gasteiger partial charge in [-0.3, -0.25) is 9.52 Å². The Balaban J connectivity index is 1.56. The van der Waals surface area contributed by atoms with Crippen molar-refractivity contribution in [3.05, 3.63) is 75.5 Å². The van der Waals surface area contributed by atoms with Gasteiger partial charge < -0.3 is 5.32 Å². The topological polar surface area (TPSA) is 75.3 Å². The molecule has 1 aliphatic carbocycles. The number of hydrogen-bond acceptors (Lipinski definition) is 4. The maximum atomic E-state index is 12.8. The molecular formula is C22H22N2O3S2. The molecule has 150 valence electrons. The molecule has 0 aliphatic heterocycles. The van der Waals surface area contributed by atoms with Crippen LogP contribution in [-0.4, -0.2) is 14.3 Å². The smallest absolute Gasteiger partial charge is 0.261 e. The molecule has 0 spiro atoms. The molecule has 5 nitrogen and oxygen atoms in total. The summed E-state index contributed by atoms with van der Waals surface area (Å²) in [5, 5.41) is 4.85. The molecule has 0 bridgehead atoms. The molecule has 1 amide bonds. The van der Waals surface area contributed by atoms with Crippen LogP contribution in [0.15, 0.2) is 58.8 Å². The quantitative estimate of drug-likeness (QED) is 0.604. The van der Waals surface area contributed by atoms with E-state index in [-0.39, 0.29) is 10.8 Å². The van der Waals surface area contributed by atoms with Crippen LogP contribution in [0.2, 0.25) is 0 Å². The van der Waals surface area contributed by atoms with Crippen LogP contribution in [-0.2, 0) is 22.9 Å². The van der Waals surface area contributed by atoms with E-state index >= 15 is 0 Å². The van der Waals surface area contributed by atoms with Gasteiger partial charge in [0.05, 0.1) is 16.1 Å². The third kappa shape index (κ3) is 4.21. The van der Waals surface area contributed by atoms with Gasteiger partial charge in [0.1, 0.15) is 0 Å². The Morgan fingerprint density at radius 3 is 2.59 bits per heavy atom. The van der Waals surface area contributed by atoms with Crippen molar-refractivity contribution in [2.45, 2.75) is 37.5 Å². The largest absolute Gasteiger partial charge is 0.322 e. The Labute approximate surface area is 174 Å². The average molecular weight is 427 g/mol. The second kappa shape index (κ2) is 8.00. The Morgan fingerprint density at radius 1 is 1.03 bits per heavy atom. The van der Waals surface area contributed by atoms with Gasteiger partial charge in [-0.2, -0.15) is 0 Å². The first-order valence-electron chi connectivity index (χ1n) is 9.53. The number of sulfonamides is 1. The van der Waals surface area contributed by atoms with Crippen LogP contribution in [0.4, 0.5) is 11.4 Å². The predicted octanol–water partition coefficient (Wildman–Crippen LogP) is 4.99. The highest BCUT2D eigenvalue weighted by Gasteiger charge is 2.21. The lowest BCUT2D eigenvalue weighted by Crippen LogP contribution is -2.16. The molecule has 2 aromatic carbocycles. The molecule has 7 heteroatoms. The molecule has 0 atom stereocenters. The average Bonchev–Trinajstić information content (AvgIpc) is 3.15. The van der Waals surface area contributed by atoms with E-state index < -0.39 is 10.0 Å². The zero-order valence-corrected chi connectivity index (χ0v) is 17.7. The van der Waals surface area contributed by atoms with Crippen molar-refractivity contribution in [3.8, 4) is 0 Å². The maximum Gasteiger partial charge on any atom is 0.261 e. The first kappa shape index (κ1) is 19.7. The van der Waals surface area contributed by atoms with E-state index in [0.29, 0.717) is 11.4 Å². The number of anilines is 2. The Hall–Kier alpha value is -2.64. The van der Waals surface area contributed by atoms with Crippen molar-refractivity contribution in [1.29, 1.82) is 0 Å². The number of thiophene rings is 1. The lowest BCUT2D eigenvalue weighted by Gasteiger charge is -2.14. The van der Waals surface area contributed by atoms with Gasteiger partial charge in [-0.1, -0.05) is 24.3 Å². The summed E-state index contributed by atoms with van der Waals surface area (Å²) in [6, 6.07) is 13.5. The number of carbonyl (C=O) groups excluding carboxylic acids is 1. The van der Waals surface area contributed by atoms with E-state index in [0.717, 1.165) is 36.0 Å². The molecular weight excluding hydrogens is 404 g/mol. The van der Waals surface area contributed by atoms with Gasteiger partial charge in [0, 0.05) is 15.9 Å². The molecule has 0 fully saturated rings. The predicted molar refractivity (Wildman–Crippen MR) is 117 cm³/mol. The van der Waals surface area contributed by atoms with Crippen molar-refractivity contribution < 1.29 is 13.2 Å². The summed E-state index contributed by atoms with van der Waals surface area (Å²) in [6.07, 6.45) is 4.28. The zero-order chi connectivity index (χ0) is 20.4. The van der Waals surface area contributed by atoms with Gasteiger partial charge in [0.2, 0.25) is 0 Å². The van der Waals surface area contributed by atoms with Gasteiger partial charge >= 0.3 is 0 Å². The van der Waals surface area contributed by atoms with Gasteiger partial charge in [0.15, 0.2) is 0 Å². The molecule has 0 unspecified atom stereocenters. The number of fused-ring (bicyclic) bond motifs is 1.